The number of carboxylic acids is 1. The highest BCUT2D eigenvalue weighted by atomic mass is 19.3. The van der Waals surface area contributed by atoms with Gasteiger partial charge in [-0.1, -0.05) is 63.3 Å². The van der Waals surface area contributed by atoms with E-state index in [1.807, 2.05) is 0 Å². The molecule has 0 fully saturated rings. The van der Waals surface area contributed by atoms with Crippen LogP contribution in [0.1, 0.15) is 63.0 Å². The average Bonchev–Trinajstić information content (AvgIpc) is 2.59. The Labute approximate surface area is 146 Å². The lowest BCUT2D eigenvalue weighted by Crippen LogP contribution is -2.27. The van der Waals surface area contributed by atoms with Crippen molar-refractivity contribution in [2.24, 2.45) is 0 Å². The van der Waals surface area contributed by atoms with Crippen LogP contribution in [0.25, 0.3) is 0 Å². The molecule has 25 heavy (non-hydrogen) atoms. The number of aliphatic carboxylic acids is 1. The molecule has 0 amide bonds. The summed E-state index contributed by atoms with van der Waals surface area (Å²) in [6, 6.07) is 6.89. The first-order valence-corrected chi connectivity index (χ1v) is 8.40. The Hall–Kier alpha value is -1.60. The smallest absolute Gasteiger partial charge is 0.374 e. The van der Waals surface area contributed by atoms with Gasteiger partial charge in [0.15, 0.2) is 0 Å². The highest BCUT2D eigenvalue weighted by Crippen LogP contribution is 2.22. The molecule has 0 aliphatic heterocycles. The molecule has 1 aromatic rings. The minimum absolute atomic E-state index is 0.0107. The van der Waals surface area contributed by atoms with Crippen molar-refractivity contribution in [2.45, 2.75) is 71.0 Å². The van der Waals surface area contributed by atoms with Gasteiger partial charge in [0.1, 0.15) is 6.61 Å². The molecule has 0 bridgehead atoms. The zero-order valence-corrected chi connectivity index (χ0v) is 14.5. The number of hydrogen-bond acceptors (Lipinski definition) is 3. The Kier molecular flexibility index (Phi) is 12.8. The predicted octanol–water partition coefficient (Wildman–Crippen LogP) is 5.04. The minimum atomic E-state index is -3.54. The highest BCUT2D eigenvalue weighted by molar-refractivity contribution is 5.75. The largest absolute Gasteiger partial charge is 0.477 e. The Morgan fingerprint density at radius 1 is 1.04 bits per heavy atom. The Morgan fingerprint density at radius 3 is 2.04 bits per heavy atom. The number of aliphatic hydroxyl groups excluding tert-OH is 1. The van der Waals surface area contributed by atoms with Crippen molar-refractivity contribution in [2.75, 3.05) is 0 Å². The van der Waals surface area contributed by atoms with Crippen molar-refractivity contribution in [1.29, 1.82) is 0 Å². The van der Waals surface area contributed by atoms with Crippen LogP contribution in [0, 0.1) is 0 Å². The third-order valence-electron chi connectivity index (χ3n) is 3.58. The van der Waals surface area contributed by atoms with Crippen molar-refractivity contribution in [3.63, 3.8) is 0 Å². The Bertz CT molecular complexity index is 464. The van der Waals surface area contributed by atoms with Gasteiger partial charge in [-0.05, 0) is 22.1 Å². The van der Waals surface area contributed by atoms with Crippen LogP contribution < -0.4 is 0 Å². The average molecular weight is 364 g/mol. The van der Waals surface area contributed by atoms with Crippen LogP contribution in [0.2, 0.25) is 0 Å². The topological polar surface area (TPSA) is 66.8 Å². The van der Waals surface area contributed by atoms with Crippen LogP contribution in [0.3, 0.4) is 0 Å². The van der Waals surface area contributed by atoms with E-state index in [0.29, 0.717) is 12.8 Å². The molecule has 0 atom stereocenters. The summed E-state index contributed by atoms with van der Waals surface area (Å²) in [5, 5.41) is 16.8. The van der Waals surface area contributed by atoms with Gasteiger partial charge in [-0.2, -0.15) is 13.7 Å². The van der Waals surface area contributed by atoms with Crippen molar-refractivity contribution in [1.82, 2.24) is 0 Å². The zero-order chi connectivity index (χ0) is 19.1. The van der Waals surface area contributed by atoms with Gasteiger partial charge in [-0.3, -0.25) is 0 Å². The van der Waals surface area contributed by atoms with Gasteiger partial charge in [-0.15, -0.1) is 0 Å². The number of carboxylic acid groups (broad SMARTS) is 1. The number of halogens is 3. The van der Waals surface area contributed by atoms with E-state index in [9.17, 15) is 18.1 Å². The van der Waals surface area contributed by atoms with Crippen molar-refractivity contribution < 1.29 is 33.3 Å². The van der Waals surface area contributed by atoms with Crippen molar-refractivity contribution in [3.05, 3.63) is 35.4 Å². The fourth-order valence-electron chi connectivity index (χ4n) is 2.04. The number of unbranched alkanes of at least 4 members (excludes halogenated alkanes) is 5. The summed E-state index contributed by atoms with van der Waals surface area (Å²) in [5.41, 5.74) is 1.57. The molecule has 1 aromatic carbocycles. The number of aliphatic hydroxyl groups is 1. The molecule has 0 aliphatic rings. The molecule has 7 heteroatoms. The summed E-state index contributed by atoms with van der Waals surface area (Å²) in [5.74, 6) is -5.55. The van der Waals surface area contributed by atoms with E-state index in [1.165, 1.54) is 0 Å². The van der Waals surface area contributed by atoms with Crippen LogP contribution in [0.15, 0.2) is 24.3 Å². The second-order valence-electron chi connectivity index (χ2n) is 5.76. The zero-order valence-electron chi connectivity index (χ0n) is 14.5. The first-order chi connectivity index (χ1) is 11.9. The highest BCUT2D eigenvalue weighted by Gasteiger charge is 2.37. The van der Waals surface area contributed by atoms with Crippen LogP contribution >= 0.6 is 0 Å². The molecule has 0 aromatic heterocycles. The molecule has 0 radical (unpaired) electrons. The van der Waals surface area contributed by atoms with Gasteiger partial charge >= 0.3 is 11.9 Å². The molecule has 0 aliphatic carbocycles. The summed E-state index contributed by atoms with van der Waals surface area (Å²) in [4.78, 5) is 13.5. The fraction of sp³-hybridized carbons (Fsp3) is 0.611. The maximum atomic E-state index is 12.5. The first kappa shape index (κ1) is 23.4. The van der Waals surface area contributed by atoms with Crippen molar-refractivity contribution in [3.8, 4) is 0 Å². The maximum absolute atomic E-state index is 12.5. The lowest BCUT2D eigenvalue weighted by Gasteiger charge is -2.09. The van der Waals surface area contributed by atoms with E-state index in [1.54, 1.807) is 24.3 Å². The molecule has 0 unspecified atom stereocenters. The van der Waals surface area contributed by atoms with Gasteiger partial charge in [0.25, 0.3) is 0 Å². The maximum Gasteiger partial charge on any atom is 0.374 e. The Morgan fingerprint density at radius 2 is 1.56 bits per heavy atom. The second-order valence-corrected chi connectivity index (χ2v) is 5.76. The van der Waals surface area contributed by atoms with Crippen LogP contribution in [0.4, 0.5) is 13.3 Å². The quantitative estimate of drug-likeness (QED) is 0.540. The summed E-state index contributed by atoms with van der Waals surface area (Å²) in [6.07, 6.45) is 4.67. The van der Waals surface area contributed by atoms with Gasteiger partial charge in [0.05, 0.1) is 6.61 Å². The summed E-state index contributed by atoms with van der Waals surface area (Å²) in [6.45, 7) is 2.06. The molecule has 144 valence electrons. The summed E-state index contributed by atoms with van der Waals surface area (Å²) >= 11 is 0. The molecule has 2 N–H and O–H groups in total. The molecular formula is C18H27F3O4. The van der Waals surface area contributed by atoms with E-state index in [0.717, 1.165) is 36.8 Å². The van der Waals surface area contributed by atoms with E-state index >= 15 is 0 Å². The third-order valence-corrected chi connectivity index (χ3v) is 3.58. The van der Waals surface area contributed by atoms with Crippen LogP contribution in [-0.4, -0.2) is 22.1 Å². The lowest BCUT2D eigenvalue weighted by atomic mass is 10.1. The second kappa shape index (κ2) is 13.7. The lowest BCUT2D eigenvalue weighted by molar-refractivity contribution is -0.165. The summed E-state index contributed by atoms with van der Waals surface area (Å²) < 4.78 is 36.4. The van der Waals surface area contributed by atoms with E-state index in [-0.39, 0.29) is 13.2 Å². The SMILES string of the molecule is CCCCCCCCC(F)(F)C(=O)O.OCc1ccc(COF)cc1. The monoisotopic (exact) mass is 364 g/mol. The molecular weight excluding hydrogens is 337 g/mol. The molecule has 0 heterocycles. The van der Waals surface area contributed by atoms with Crippen molar-refractivity contribution >= 4 is 5.97 Å². The third kappa shape index (κ3) is 11.6. The van der Waals surface area contributed by atoms with Crippen LogP contribution in [-0.2, 0) is 22.9 Å². The Balaban J connectivity index is 0.000000472. The number of alkyl halides is 2. The molecule has 4 nitrogen and oxygen atoms in total. The number of rotatable bonds is 11. The normalized spacial score (nSPS) is 10.9. The molecule has 1 rings (SSSR count). The first-order valence-electron chi connectivity index (χ1n) is 8.40. The van der Waals surface area contributed by atoms with Gasteiger partial charge in [-0.25, -0.2) is 4.79 Å². The standard InChI is InChI=1S/C10H18F2O2.C8H9FO2/c1-2-3-4-5-6-7-8-10(11,12)9(13)14;9-11-6-8-3-1-7(5-10)2-4-8/h2-8H2,1H3,(H,13,14);1-4,10H,5-6H2. The van der Waals surface area contributed by atoms with E-state index in [2.05, 4.69) is 11.9 Å². The van der Waals surface area contributed by atoms with E-state index in [4.69, 9.17) is 10.2 Å². The van der Waals surface area contributed by atoms with E-state index < -0.39 is 18.3 Å². The number of hydrogen-bond donors (Lipinski definition) is 2. The van der Waals surface area contributed by atoms with Gasteiger partial charge < -0.3 is 10.2 Å². The fourth-order valence-corrected chi connectivity index (χ4v) is 2.04. The van der Waals surface area contributed by atoms with Gasteiger partial charge in [0.2, 0.25) is 0 Å². The number of carbonyl (C=O) groups is 1. The molecule has 0 saturated heterocycles. The minimum Gasteiger partial charge on any atom is -0.477 e. The van der Waals surface area contributed by atoms with Gasteiger partial charge in [0, 0.05) is 6.42 Å². The van der Waals surface area contributed by atoms with Crippen LogP contribution in [0.5, 0.6) is 0 Å². The summed E-state index contributed by atoms with van der Waals surface area (Å²) in [7, 11) is 0. The molecule has 0 spiro atoms. The number of benzene rings is 1. The molecule has 0 saturated carbocycles. The predicted molar refractivity (Wildman–Crippen MR) is 88.8 cm³/mol.